The van der Waals surface area contributed by atoms with Gasteiger partial charge < -0.3 is 15.3 Å². The summed E-state index contributed by atoms with van der Waals surface area (Å²) in [5, 5.41) is 27.3. The van der Waals surface area contributed by atoms with Crippen LogP contribution in [0.3, 0.4) is 0 Å². The van der Waals surface area contributed by atoms with Gasteiger partial charge in [0, 0.05) is 6.42 Å². The van der Waals surface area contributed by atoms with Crippen LogP contribution in [0, 0.1) is 0 Å². The Balaban J connectivity index is 3.22. The Hall–Kier alpha value is -0.450. The normalized spacial score (nSPS) is 13.8. The average molecular weight is 359 g/mol. The summed E-state index contributed by atoms with van der Waals surface area (Å²) in [7, 11) is 0. The fourth-order valence-corrected chi connectivity index (χ4v) is 3.13. The molecule has 0 aliphatic carbocycles. The first kappa shape index (κ1) is 24.6. The quantitative estimate of drug-likeness (QED) is 0.296. The fraction of sp³-hybridized carbons (Fsp3) is 0.952. The second-order valence-corrected chi connectivity index (χ2v) is 7.36. The van der Waals surface area contributed by atoms with E-state index in [1.54, 1.807) is 0 Å². The molecule has 0 saturated heterocycles. The molecule has 0 bridgehead atoms. The molecule has 0 aromatic carbocycles. The second kappa shape index (κ2) is 18.3. The predicted molar refractivity (Wildman–Crippen MR) is 104 cm³/mol. The number of ketones is 1. The van der Waals surface area contributed by atoms with E-state index in [0.29, 0.717) is 0 Å². The van der Waals surface area contributed by atoms with Crippen molar-refractivity contribution in [1.82, 2.24) is 0 Å². The number of carbonyl (C=O) groups excluding carboxylic acids is 1. The molecule has 2 atom stereocenters. The first-order chi connectivity index (χ1) is 12.1. The highest BCUT2D eigenvalue weighted by atomic mass is 16.4. The molecule has 0 rings (SSSR count). The van der Waals surface area contributed by atoms with Gasteiger partial charge in [-0.3, -0.25) is 4.79 Å². The first-order valence-electron chi connectivity index (χ1n) is 10.6. The van der Waals surface area contributed by atoms with Crippen molar-refractivity contribution in [2.24, 2.45) is 0 Å². The zero-order chi connectivity index (χ0) is 18.8. The topological polar surface area (TPSA) is 77.8 Å². The predicted octanol–water partition coefficient (Wildman–Crippen LogP) is 4.53. The summed E-state index contributed by atoms with van der Waals surface area (Å²) in [6, 6.07) is 0. The molecule has 0 aliphatic rings. The summed E-state index contributed by atoms with van der Waals surface area (Å²) in [5.74, 6) is -0.365. The van der Waals surface area contributed by atoms with E-state index in [1.807, 2.05) is 0 Å². The van der Waals surface area contributed by atoms with Gasteiger partial charge in [0.2, 0.25) is 0 Å². The smallest absolute Gasteiger partial charge is 0.164 e. The van der Waals surface area contributed by atoms with Crippen LogP contribution in [0.15, 0.2) is 0 Å². The Morgan fingerprint density at radius 2 is 1.04 bits per heavy atom. The van der Waals surface area contributed by atoms with E-state index >= 15 is 0 Å². The molecule has 0 spiro atoms. The lowest BCUT2D eigenvalue weighted by Gasteiger charge is -2.13. The number of hydrogen-bond donors (Lipinski definition) is 3. The van der Waals surface area contributed by atoms with Gasteiger partial charge in [0.1, 0.15) is 12.2 Å². The number of aliphatic hydroxyl groups excluding tert-OH is 3. The number of unbranched alkanes of at least 4 members (excludes halogenated alkanes) is 14. The zero-order valence-electron chi connectivity index (χ0n) is 16.4. The SMILES string of the molecule is CCCCCCCCCCCCCCCCCC(=O)C(O)[C@H](O)CO. The van der Waals surface area contributed by atoms with Crippen LogP contribution < -0.4 is 0 Å². The van der Waals surface area contributed by atoms with Crippen molar-refractivity contribution in [1.29, 1.82) is 0 Å². The van der Waals surface area contributed by atoms with Gasteiger partial charge in [-0.15, -0.1) is 0 Å². The Labute approximate surface area is 155 Å². The molecule has 0 saturated carbocycles. The Kier molecular flexibility index (Phi) is 18.0. The third kappa shape index (κ3) is 15.5. The van der Waals surface area contributed by atoms with E-state index in [4.69, 9.17) is 5.11 Å². The molecule has 1 unspecified atom stereocenters. The van der Waals surface area contributed by atoms with Crippen LogP contribution in [0.5, 0.6) is 0 Å². The van der Waals surface area contributed by atoms with Gasteiger partial charge in [0.25, 0.3) is 0 Å². The first-order valence-corrected chi connectivity index (χ1v) is 10.6. The van der Waals surface area contributed by atoms with Crippen LogP contribution in [0.25, 0.3) is 0 Å². The molecule has 0 aliphatic heterocycles. The molecule has 0 fully saturated rings. The summed E-state index contributed by atoms with van der Waals surface area (Å²) in [6.45, 7) is 1.68. The second-order valence-electron chi connectivity index (χ2n) is 7.36. The number of carbonyl (C=O) groups is 1. The largest absolute Gasteiger partial charge is 0.394 e. The Bertz CT molecular complexity index is 294. The van der Waals surface area contributed by atoms with Crippen molar-refractivity contribution < 1.29 is 20.1 Å². The lowest BCUT2D eigenvalue weighted by atomic mass is 10.0. The van der Waals surface area contributed by atoms with Crippen LogP contribution >= 0.6 is 0 Å². The molecule has 4 nitrogen and oxygen atoms in total. The number of hydrogen-bond acceptors (Lipinski definition) is 4. The van der Waals surface area contributed by atoms with Crippen LogP contribution in [0.4, 0.5) is 0 Å². The van der Waals surface area contributed by atoms with Crippen LogP contribution in [0.2, 0.25) is 0 Å². The van der Waals surface area contributed by atoms with Gasteiger partial charge in [-0.25, -0.2) is 0 Å². The molecule has 3 N–H and O–H groups in total. The third-order valence-electron chi connectivity index (χ3n) is 4.91. The maximum Gasteiger partial charge on any atom is 0.164 e. The molecule has 4 heteroatoms. The van der Waals surface area contributed by atoms with Crippen molar-refractivity contribution in [2.75, 3.05) is 6.61 Å². The number of Topliss-reactive ketones (excluding diaryl/α,β-unsaturated/α-hetero) is 1. The van der Waals surface area contributed by atoms with Gasteiger partial charge in [-0.05, 0) is 6.42 Å². The van der Waals surface area contributed by atoms with Gasteiger partial charge in [0.15, 0.2) is 5.78 Å². The highest BCUT2D eigenvalue weighted by Gasteiger charge is 2.22. The van der Waals surface area contributed by atoms with Gasteiger partial charge in [-0.1, -0.05) is 96.8 Å². The van der Waals surface area contributed by atoms with Crippen LogP contribution in [-0.2, 0) is 4.79 Å². The van der Waals surface area contributed by atoms with Crippen LogP contribution in [-0.4, -0.2) is 39.9 Å². The van der Waals surface area contributed by atoms with Gasteiger partial charge in [0.05, 0.1) is 6.61 Å². The minimum Gasteiger partial charge on any atom is -0.394 e. The fourth-order valence-electron chi connectivity index (χ4n) is 3.13. The van der Waals surface area contributed by atoms with Crippen molar-refractivity contribution in [3.05, 3.63) is 0 Å². The van der Waals surface area contributed by atoms with E-state index < -0.39 is 18.8 Å². The molecule has 0 heterocycles. The lowest BCUT2D eigenvalue weighted by molar-refractivity contribution is -0.134. The van der Waals surface area contributed by atoms with Crippen molar-refractivity contribution >= 4 is 5.78 Å². The summed E-state index contributed by atoms with van der Waals surface area (Å²) in [5.41, 5.74) is 0. The lowest BCUT2D eigenvalue weighted by Crippen LogP contribution is -2.36. The van der Waals surface area contributed by atoms with E-state index in [0.717, 1.165) is 19.3 Å². The third-order valence-corrected chi connectivity index (χ3v) is 4.91. The highest BCUT2D eigenvalue weighted by Crippen LogP contribution is 2.14. The number of aliphatic hydroxyl groups is 3. The van der Waals surface area contributed by atoms with Gasteiger partial charge >= 0.3 is 0 Å². The molecule has 0 aromatic rings. The van der Waals surface area contributed by atoms with Crippen molar-refractivity contribution in [3.63, 3.8) is 0 Å². The minimum absolute atomic E-state index is 0.288. The van der Waals surface area contributed by atoms with Crippen molar-refractivity contribution in [2.45, 2.75) is 122 Å². The maximum atomic E-state index is 11.6. The standard InChI is InChI=1S/C21H42O4/c1-2-3-4-5-6-7-8-9-10-11-12-13-14-15-16-17-19(23)21(25)20(24)18-22/h20-22,24-25H,2-18H2,1H3/t20-,21?/m1/s1. The van der Waals surface area contributed by atoms with E-state index in [2.05, 4.69) is 6.92 Å². The summed E-state index contributed by atoms with van der Waals surface area (Å²) in [4.78, 5) is 11.6. The van der Waals surface area contributed by atoms with E-state index in [1.165, 1.54) is 77.0 Å². The zero-order valence-corrected chi connectivity index (χ0v) is 16.4. The Morgan fingerprint density at radius 1 is 0.680 bits per heavy atom. The Morgan fingerprint density at radius 3 is 1.40 bits per heavy atom. The minimum atomic E-state index is -1.43. The molecule has 0 aromatic heterocycles. The number of rotatable bonds is 19. The summed E-state index contributed by atoms with van der Waals surface area (Å²) < 4.78 is 0. The summed E-state index contributed by atoms with van der Waals surface area (Å²) in [6.07, 6.45) is 16.6. The molecule has 150 valence electrons. The van der Waals surface area contributed by atoms with Crippen LogP contribution in [0.1, 0.15) is 110 Å². The molecule has 25 heavy (non-hydrogen) atoms. The van der Waals surface area contributed by atoms with E-state index in [-0.39, 0.29) is 12.2 Å². The molecule has 0 radical (unpaired) electrons. The highest BCUT2D eigenvalue weighted by molar-refractivity contribution is 5.83. The maximum absolute atomic E-state index is 11.6. The molecular formula is C21H42O4. The van der Waals surface area contributed by atoms with Gasteiger partial charge in [-0.2, -0.15) is 0 Å². The summed E-state index contributed by atoms with van der Waals surface area (Å²) >= 11 is 0. The monoisotopic (exact) mass is 358 g/mol. The molecule has 0 amide bonds. The molecular weight excluding hydrogens is 316 g/mol. The van der Waals surface area contributed by atoms with Crippen molar-refractivity contribution in [3.8, 4) is 0 Å². The van der Waals surface area contributed by atoms with E-state index in [9.17, 15) is 15.0 Å². The average Bonchev–Trinajstić information content (AvgIpc) is 2.63.